The summed E-state index contributed by atoms with van der Waals surface area (Å²) < 4.78 is 5.44. The zero-order chi connectivity index (χ0) is 29.2. The zero-order valence-electron chi connectivity index (χ0n) is 24.1. The summed E-state index contributed by atoms with van der Waals surface area (Å²) in [5.74, 6) is 0.399. The maximum Gasteiger partial charge on any atom is 0.244 e. The lowest BCUT2D eigenvalue weighted by molar-refractivity contribution is -0.124. The lowest BCUT2D eigenvalue weighted by Crippen LogP contribution is -2.54. The summed E-state index contributed by atoms with van der Waals surface area (Å²) in [5.41, 5.74) is 8.05. The summed E-state index contributed by atoms with van der Waals surface area (Å²) in [4.78, 5) is 27.4. The lowest BCUT2D eigenvalue weighted by Gasteiger charge is -2.36. The van der Waals surface area contributed by atoms with Crippen LogP contribution >= 0.6 is 0 Å². The molecule has 1 atom stereocenters. The van der Waals surface area contributed by atoms with E-state index < -0.39 is 0 Å². The summed E-state index contributed by atoms with van der Waals surface area (Å²) in [6.45, 7) is 5.75. The molecular weight excluding hydrogens is 532 g/mol. The van der Waals surface area contributed by atoms with Gasteiger partial charge in [0.05, 0.1) is 30.6 Å². The van der Waals surface area contributed by atoms with Gasteiger partial charge in [0.15, 0.2) is 0 Å². The van der Waals surface area contributed by atoms with Crippen molar-refractivity contribution >= 4 is 39.7 Å². The SMILES string of the molecule is COC[C@H](C(=O)Nc1cccc2c1CC=C2c1nc(Nc2cc(CO)c3cn[nH]c3c2)ncc1C)N1CCN(C)CC1. The molecule has 2 aliphatic rings. The number of ether oxygens (including phenoxy) is 1. The van der Waals surface area contributed by atoms with Crippen LogP contribution in [0.3, 0.4) is 0 Å². The highest BCUT2D eigenvalue weighted by atomic mass is 16.5. The van der Waals surface area contributed by atoms with Crippen LogP contribution in [0.4, 0.5) is 17.3 Å². The van der Waals surface area contributed by atoms with Gasteiger partial charge in [0.2, 0.25) is 11.9 Å². The highest BCUT2D eigenvalue weighted by Crippen LogP contribution is 2.37. The van der Waals surface area contributed by atoms with Gasteiger partial charge < -0.3 is 25.4 Å². The predicted molar refractivity (Wildman–Crippen MR) is 163 cm³/mol. The predicted octanol–water partition coefficient (Wildman–Crippen LogP) is 3.09. The number of aromatic amines is 1. The molecule has 2 aromatic heterocycles. The molecule has 1 aliphatic heterocycles. The molecule has 1 fully saturated rings. The standard InChI is InChI=1S/C31H36N8O3/c1-19-15-32-31(34-21-13-20(17-40)25-16-33-37-27(25)14-21)36-29(19)24-8-7-23-22(24)5-4-6-26(23)35-30(41)28(18-42-3)39-11-9-38(2)10-12-39/h4-6,8,13-16,28,40H,7,9-12,17-18H2,1-3H3,(H,33,37)(H,35,41)(H,32,34,36)/t28-/m1/s1. The van der Waals surface area contributed by atoms with Crippen LogP contribution in [0.1, 0.15) is 27.9 Å². The highest BCUT2D eigenvalue weighted by Gasteiger charge is 2.30. The number of piperazine rings is 1. The van der Waals surface area contributed by atoms with Gasteiger partial charge in [0.25, 0.3) is 0 Å². The Morgan fingerprint density at radius 3 is 2.81 bits per heavy atom. The second kappa shape index (κ2) is 12.0. The first-order valence-electron chi connectivity index (χ1n) is 14.2. The van der Waals surface area contributed by atoms with Crippen molar-refractivity contribution in [3.63, 3.8) is 0 Å². The third kappa shape index (κ3) is 5.51. The van der Waals surface area contributed by atoms with Gasteiger partial charge in [-0.3, -0.25) is 14.8 Å². The van der Waals surface area contributed by atoms with Gasteiger partial charge in [-0.2, -0.15) is 5.10 Å². The summed E-state index contributed by atoms with van der Waals surface area (Å²) in [6.07, 6.45) is 6.36. The van der Waals surface area contributed by atoms with E-state index in [0.717, 1.165) is 82.0 Å². The Hall–Kier alpha value is -4.16. The highest BCUT2D eigenvalue weighted by molar-refractivity contribution is 5.98. The van der Waals surface area contributed by atoms with E-state index in [-0.39, 0.29) is 18.6 Å². The van der Waals surface area contributed by atoms with Crippen molar-refractivity contribution in [2.24, 2.45) is 0 Å². The van der Waals surface area contributed by atoms with E-state index in [9.17, 15) is 9.90 Å². The summed E-state index contributed by atoms with van der Waals surface area (Å²) in [5, 5.41) is 24.2. The number of aliphatic hydroxyl groups excluding tert-OH is 1. The van der Waals surface area contributed by atoms with Crippen LogP contribution in [0.2, 0.25) is 0 Å². The Morgan fingerprint density at radius 2 is 2.02 bits per heavy atom. The molecule has 0 saturated carbocycles. The van der Waals surface area contributed by atoms with E-state index >= 15 is 0 Å². The number of nitrogens with zero attached hydrogens (tertiary/aromatic N) is 5. The molecule has 1 aliphatic carbocycles. The number of nitrogens with one attached hydrogen (secondary N) is 3. The minimum atomic E-state index is -0.349. The van der Waals surface area contributed by atoms with Crippen LogP contribution in [0.15, 0.2) is 48.8 Å². The van der Waals surface area contributed by atoms with Crippen LogP contribution < -0.4 is 10.6 Å². The first-order valence-corrected chi connectivity index (χ1v) is 14.2. The molecule has 1 amide bonds. The summed E-state index contributed by atoms with van der Waals surface area (Å²) in [6, 6.07) is 9.46. The molecule has 42 heavy (non-hydrogen) atoms. The number of amides is 1. The smallest absolute Gasteiger partial charge is 0.244 e. The van der Waals surface area contributed by atoms with Crippen LogP contribution in [0.5, 0.6) is 0 Å². The normalized spacial score (nSPS) is 16.3. The molecule has 0 radical (unpaired) electrons. The number of H-pyrrole nitrogens is 1. The Bertz CT molecular complexity index is 1640. The van der Waals surface area contributed by atoms with Crippen molar-refractivity contribution in [1.29, 1.82) is 0 Å². The van der Waals surface area contributed by atoms with Gasteiger partial charge in [-0.25, -0.2) is 9.97 Å². The van der Waals surface area contributed by atoms with Crippen LogP contribution in [0.25, 0.3) is 16.5 Å². The van der Waals surface area contributed by atoms with Crippen LogP contribution in [-0.4, -0.2) is 94.0 Å². The molecule has 218 valence electrons. The topological polar surface area (TPSA) is 132 Å². The number of hydrogen-bond donors (Lipinski definition) is 4. The number of aromatic nitrogens is 4. The maximum atomic E-state index is 13.5. The quantitative estimate of drug-likeness (QED) is 0.241. The fourth-order valence-electron chi connectivity index (χ4n) is 5.80. The fraction of sp³-hybridized carbons (Fsp3) is 0.355. The number of carbonyl (C=O) groups excluding carboxylic acids is 1. The third-order valence-corrected chi connectivity index (χ3v) is 8.14. The van der Waals surface area contributed by atoms with E-state index in [0.29, 0.717) is 19.0 Å². The molecule has 11 nitrogen and oxygen atoms in total. The number of methoxy groups -OCH3 is 1. The summed E-state index contributed by atoms with van der Waals surface area (Å²) in [7, 11) is 3.74. The molecule has 6 rings (SSSR count). The number of aliphatic hydroxyl groups is 1. The molecule has 4 N–H and O–H groups in total. The van der Waals surface area contributed by atoms with E-state index in [1.165, 1.54) is 0 Å². The van der Waals surface area contributed by atoms with Crippen molar-refractivity contribution in [2.45, 2.75) is 26.0 Å². The van der Waals surface area contributed by atoms with Gasteiger partial charge in [-0.1, -0.05) is 18.2 Å². The Labute approximate surface area is 244 Å². The van der Waals surface area contributed by atoms with Crippen molar-refractivity contribution < 1.29 is 14.6 Å². The first kappa shape index (κ1) is 28.0. The van der Waals surface area contributed by atoms with E-state index in [1.807, 2.05) is 37.4 Å². The molecule has 0 unspecified atom stereocenters. The van der Waals surface area contributed by atoms with Crippen LogP contribution in [-0.2, 0) is 22.6 Å². The van der Waals surface area contributed by atoms with Gasteiger partial charge in [0.1, 0.15) is 6.04 Å². The third-order valence-electron chi connectivity index (χ3n) is 8.14. The second-order valence-electron chi connectivity index (χ2n) is 10.9. The Morgan fingerprint density at radius 1 is 1.19 bits per heavy atom. The van der Waals surface area contributed by atoms with E-state index in [1.54, 1.807) is 13.3 Å². The molecule has 4 aromatic rings. The number of hydrogen-bond acceptors (Lipinski definition) is 9. The van der Waals surface area contributed by atoms with Crippen molar-refractivity contribution in [1.82, 2.24) is 30.0 Å². The van der Waals surface area contributed by atoms with E-state index in [2.05, 4.69) is 54.8 Å². The molecule has 11 heteroatoms. The number of rotatable bonds is 9. The fourth-order valence-corrected chi connectivity index (χ4v) is 5.80. The van der Waals surface area contributed by atoms with Crippen molar-refractivity contribution in [3.05, 3.63) is 76.7 Å². The van der Waals surface area contributed by atoms with Gasteiger partial charge in [0, 0.05) is 61.8 Å². The van der Waals surface area contributed by atoms with Crippen LogP contribution in [0, 0.1) is 6.92 Å². The molecule has 2 aromatic carbocycles. The van der Waals surface area contributed by atoms with Gasteiger partial charge >= 0.3 is 0 Å². The van der Waals surface area contributed by atoms with Crippen molar-refractivity contribution in [3.8, 4) is 0 Å². The van der Waals surface area contributed by atoms with Gasteiger partial charge in [-0.15, -0.1) is 0 Å². The number of aryl methyl sites for hydroxylation is 1. The average Bonchev–Trinajstić information content (AvgIpc) is 3.65. The molecule has 3 heterocycles. The zero-order valence-corrected chi connectivity index (χ0v) is 24.1. The second-order valence-corrected chi connectivity index (χ2v) is 10.9. The first-order chi connectivity index (χ1) is 20.4. The number of benzene rings is 2. The average molecular weight is 569 g/mol. The Kier molecular flexibility index (Phi) is 7.98. The minimum absolute atomic E-state index is 0.0514. The van der Waals surface area contributed by atoms with Gasteiger partial charge in [-0.05, 0) is 60.8 Å². The monoisotopic (exact) mass is 568 g/mol. The largest absolute Gasteiger partial charge is 0.392 e. The number of likely N-dealkylation sites (N-methyl/N-ethyl adjacent to an activating group) is 1. The van der Waals surface area contributed by atoms with Crippen molar-refractivity contribution in [2.75, 3.05) is 57.6 Å². The molecule has 0 spiro atoms. The number of anilines is 3. The molecule has 1 saturated heterocycles. The molecule has 0 bridgehead atoms. The Balaban J connectivity index is 1.23. The van der Waals surface area contributed by atoms with E-state index in [4.69, 9.17) is 9.72 Å². The lowest BCUT2D eigenvalue weighted by atomic mass is 9.99. The number of fused-ring (bicyclic) bond motifs is 2. The number of allylic oxidation sites excluding steroid dienone is 1. The maximum absolute atomic E-state index is 13.5. The minimum Gasteiger partial charge on any atom is -0.392 e. The molecular formula is C31H36N8O3. The summed E-state index contributed by atoms with van der Waals surface area (Å²) >= 11 is 0. The number of carbonyl (C=O) groups is 1.